The van der Waals surface area contributed by atoms with E-state index in [4.69, 9.17) is 0 Å². The third kappa shape index (κ3) is 4.67. The van der Waals surface area contributed by atoms with E-state index in [1.54, 1.807) is 0 Å². The van der Waals surface area contributed by atoms with Crippen LogP contribution in [0, 0.1) is 6.92 Å². The van der Waals surface area contributed by atoms with Crippen molar-refractivity contribution in [2.24, 2.45) is 0 Å². The lowest BCUT2D eigenvalue weighted by Gasteiger charge is -2.35. The number of hydrogen-bond acceptors (Lipinski definition) is 3. The molecule has 1 aliphatic heterocycles. The van der Waals surface area contributed by atoms with Crippen LogP contribution in [0.3, 0.4) is 0 Å². The minimum atomic E-state index is 0.370. The summed E-state index contributed by atoms with van der Waals surface area (Å²) in [5.41, 5.74) is 4.12. The molecule has 1 atom stereocenters. The first kappa shape index (κ1) is 17.2. The van der Waals surface area contributed by atoms with Gasteiger partial charge in [0.25, 0.3) is 0 Å². The number of piperazine rings is 1. The molecule has 1 saturated heterocycles. The molecule has 1 fully saturated rings. The molecule has 0 bridgehead atoms. The molecule has 1 aliphatic rings. The maximum absolute atomic E-state index is 3.80. The number of aryl methyl sites for hydroxylation is 1. The Labute approximate surface area is 146 Å². The first-order chi connectivity index (χ1) is 11.7. The second-order valence-electron chi connectivity index (χ2n) is 6.87. The van der Waals surface area contributed by atoms with Crippen molar-refractivity contribution in [1.82, 2.24) is 15.1 Å². The van der Waals surface area contributed by atoms with Gasteiger partial charge in [-0.25, -0.2) is 0 Å². The maximum atomic E-state index is 3.80. The minimum Gasteiger partial charge on any atom is -0.305 e. The summed E-state index contributed by atoms with van der Waals surface area (Å²) in [5.74, 6) is 0. The Bertz CT molecular complexity index is 618. The van der Waals surface area contributed by atoms with Crippen molar-refractivity contribution in [1.29, 1.82) is 0 Å². The molecular formula is C21H29N3. The van der Waals surface area contributed by atoms with Crippen LogP contribution >= 0.6 is 0 Å². The first-order valence-corrected chi connectivity index (χ1v) is 8.96. The van der Waals surface area contributed by atoms with Gasteiger partial charge >= 0.3 is 0 Å². The van der Waals surface area contributed by atoms with Gasteiger partial charge in [0.1, 0.15) is 0 Å². The van der Waals surface area contributed by atoms with E-state index in [-0.39, 0.29) is 0 Å². The van der Waals surface area contributed by atoms with Crippen molar-refractivity contribution >= 4 is 0 Å². The molecule has 3 nitrogen and oxygen atoms in total. The fraction of sp³-hybridized carbons (Fsp3) is 0.429. The van der Waals surface area contributed by atoms with Gasteiger partial charge in [-0.3, -0.25) is 4.90 Å². The predicted molar refractivity (Wildman–Crippen MR) is 101 cm³/mol. The van der Waals surface area contributed by atoms with Gasteiger partial charge in [0, 0.05) is 45.3 Å². The molecular weight excluding hydrogens is 294 g/mol. The number of rotatable bonds is 6. The highest BCUT2D eigenvalue weighted by Crippen LogP contribution is 2.17. The molecule has 0 aliphatic carbocycles. The number of nitrogens with one attached hydrogen (secondary N) is 1. The molecule has 1 N–H and O–H groups in total. The number of hydrogen-bond donors (Lipinski definition) is 1. The van der Waals surface area contributed by atoms with Gasteiger partial charge in [-0.05, 0) is 30.7 Å². The summed E-state index contributed by atoms with van der Waals surface area (Å²) in [6.07, 6.45) is 0. The van der Waals surface area contributed by atoms with Crippen LogP contribution in [0.1, 0.15) is 22.7 Å². The number of nitrogens with zero attached hydrogens (tertiary/aromatic N) is 2. The second-order valence-corrected chi connectivity index (χ2v) is 6.87. The van der Waals surface area contributed by atoms with E-state index in [1.165, 1.54) is 29.8 Å². The topological polar surface area (TPSA) is 18.5 Å². The molecule has 0 amide bonds. The Morgan fingerprint density at radius 3 is 2.29 bits per heavy atom. The molecule has 0 saturated carbocycles. The van der Waals surface area contributed by atoms with E-state index in [1.807, 2.05) is 0 Å². The van der Waals surface area contributed by atoms with Crippen molar-refractivity contribution < 1.29 is 0 Å². The van der Waals surface area contributed by atoms with Crippen molar-refractivity contribution in [2.75, 3.05) is 39.8 Å². The predicted octanol–water partition coefficient (Wildman–Crippen LogP) is 3.07. The molecule has 1 heterocycles. The summed E-state index contributed by atoms with van der Waals surface area (Å²) < 4.78 is 0. The van der Waals surface area contributed by atoms with Crippen molar-refractivity contribution in [3.8, 4) is 0 Å². The Kier molecular flexibility index (Phi) is 6.02. The van der Waals surface area contributed by atoms with Crippen molar-refractivity contribution in [3.63, 3.8) is 0 Å². The highest BCUT2D eigenvalue weighted by Gasteiger charge is 2.19. The van der Waals surface area contributed by atoms with Gasteiger partial charge in [0.05, 0.1) is 0 Å². The van der Waals surface area contributed by atoms with E-state index in [9.17, 15) is 0 Å². The third-order valence-electron chi connectivity index (χ3n) is 5.04. The minimum absolute atomic E-state index is 0.370. The Morgan fingerprint density at radius 1 is 0.917 bits per heavy atom. The van der Waals surface area contributed by atoms with E-state index >= 15 is 0 Å². The quantitative estimate of drug-likeness (QED) is 0.881. The Morgan fingerprint density at radius 2 is 1.58 bits per heavy atom. The van der Waals surface area contributed by atoms with Gasteiger partial charge in [-0.1, -0.05) is 54.6 Å². The van der Waals surface area contributed by atoms with Crippen LogP contribution in [0.4, 0.5) is 0 Å². The summed E-state index contributed by atoms with van der Waals surface area (Å²) in [4.78, 5) is 5.00. The van der Waals surface area contributed by atoms with Gasteiger partial charge in [0.15, 0.2) is 0 Å². The van der Waals surface area contributed by atoms with Crippen LogP contribution < -0.4 is 5.32 Å². The first-order valence-electron chi connectivity index (χ1n) is 8.96. The highest BCUT2D eigenvalue weighted by atomic mass is 15.3. The molecule has 2 aromatic rings. The van der Waals surface area contributed by atoms with E-state index in [2.05, 4.69) is 83.7 Å². The fourth-order valence-electron chi connectivity index (χ4n) is 3.30. The van der Waals surface area contributed by atoms with E-state index < -0.39 is 0 Å². The lowest BCUT2D eigenvalue weighted by molar-refractivity contribution is 0.142. The van der Waals surface area contributed by atoms with Crippen molar-refractivity contribution in [3.05, 3.63) is 71.3 Å². The van der Waals surface area contributed by atoms with Crippen LogP contribution in [0.15, 0.2) is 54.6 Å². The van der Waals surface area contributed by atoms with Crippen LogP contribution in [-0.2, 0) is 6.54 Å². The largest absolute Gasteiger partial charge is 0.305 e. The molecule has 0 aromatic heterocycles. The zero-order valence-electron chi connectivity index (χ0n) is 14.9. The van der Waals surface area contributed by atoms with Crippen LogP contribution in [0.5, 0.6) is 0 Å². The highest BCUT2D eigenvalue weighted by molar-refractivity contribution is 5.26. The zero-order chi connectivity index (χ0) is 16.8. The lowest BCUT2D eigenvalue weighted by atomic mass is 10.0. The Balaban J connectivity index is 1.67. The molecule has 3 rings (SSSR count). The Hall–Kier alpha value is -1.68. The second kappa shape index (κ2) is 8.43. The smallest absolute Gasteiger partial charge is 0.0451 e. The summed E-state index contributed by atoms with van der Waals surface area (Å²) in [6.45, 7) is 8.83. The molecule has 0 spiro atoms. The molecule has 24 heavy (non-hydrogen) atoms. The maximum Gasteiger partial charge on any atom is 0.0451 e. The van der Waals surface area contributed by atoms with E-state index in [0.29, 0.717) is 6.04 Å². The summed E-state index contributed by atoms with van der Waals surface area (Å²) in [6, 6.07) is 19.9. The standard InChI is InChI=1S/C21H29N3/c1-18-8-6-7-11-20(18)16-22-21(19-9-4-3-5-10-19)17-24-14-12-23(2)13-15-24/h3-11,21-22H,12-17H2,1-2H3. The summed E-state index contributed by atoms with van der Waals surface area (Å²) in [7, 11) is 2.21. The van der Waals surface area contributed by atoms with Gasteiger partial charge in [-0.2, -0.15) is 0 Å². The van der Waals surface area contributed by atoms with Gasteiger partial charge in [0.2, 0.25) is 0 Å². The normalized spacial score (nSPS) is 17.8. The summed E-state index contributed by atoms with van der Waals surface area (Å²) in [5, 5.41) is 3.80. The zero-order valence-corrected chi connectivity index (χ0v) is 14.9. The lowest BCUT2D eigenvalue weighted by Crippen LogP contribution is -2.47. The molecule has 0 radical (unpaired) electrons. The van der Waals surface area contributed by atoms with Crippen LogP contribution in [0.2, 0.25) is 0 Å². The van der Waals surface area contributed by atoms with Gasteiger partial charge in [-0.15, -0.1) is 0 Å². The SMILES string of the molecule is Cc1ccccc1CNC(CN1CCN(C)CC1)c1ccccc1. The monoisotopic (exact) mass is 323 g/mol. The van der Waals surface area contributed by atoms with E-state index in [0.717, 1.165) is 26.2 Å². The molecule has 1 unspecified atom stereocenters. The third-order valence-corrected chi connectivity index (χ3v) is 5.04. The fourth-order valence-corrected chi connectivity index (χ4v) is 3.30. The van der Waals surface area contributed by atoms with Crippen molar-refractivity contribution in [2.45, 2.75) is 19.5 Å². The van der Waals surface area contributed by atoms with Gasteiger partial charge < -0.3 is 10.2 Å². The van der Waals surface area contributed by atoms with Crippen LogP contribution in [-0.4, -0.2) is 49.6 Å². The average molecular weight is 323 g/mol. The summed E-state index contributed by atoms with van der Waals surface area (Å²) >= 11 is 0. The average Bonchev–Trinajstić information content (AvgIpc) is 2.62. The number of benzene rings is 2. The number of likely N-dealkylation sites (N-methyl/N-ethyl adjacent to an activating group) is 1. The molecule has 3 heteroatoms. The molecule has 2 aromatic carbocycles. The van der Waals surface area contributed by atoms with Crippen LogP contribution in [0.25, 0.3) is 0 Å². The molecule has 128 valence electrons.